The van der Waals surface area contributed by atoms with Crippen molar-refractivity contribution in [2.75, 3.05) is 6.61 Å². The van der Waals surface area contributed by atoms with Crippen LogP contribution in [0.3, 0.4) is 0 Å². The predicted octanol–water partition coefficient (Wildman–Crippen LogP) is 3.45. The number of aryl methyl sites for hydroxylation is 1. The van der Waals surface area contributed by atoms with Crippen molar-refractivity contribution in [3.8, 4) is 0 Å². The van der Waals surface area contributed by atoms with E-state index in [9.17, 15) is 9.59 Å². The standard InChI is InChI=1S/C15H14ClNO3/c1-2-20-15(19)12-8-10-11(16)6-5-9-13(18)4-3-7-17(12)14(9)10/h5-6,8H,2-4,7H2,1H3. The van der Waals surface area contributed by atoms with Crippen LogP contribution in [0.1, 0.15) is 40.6 Å². The lowest BCUT2D eigenvalue weighted by molar-refractivity contribution is 0.0514. The van der Waals surface area contributed by atoms with E-state index in [-0.39, 0.29) is 11.8 Å². The molecule has 2 aromatic rings. The number of hydrogen-bond donors (Lipinski definition) is 0. The van der Waals surface area contributed by atoms with Gasteiger partial charge in [0.25, 0.3) is 0 Å². The summed E-state index contributed by atoms with van der Waals surface area (Å²) in [5.74, 6) is -0.279. The van der Waals surface area contributed by atoms with E-state index < -0.39 is 0 Å². The number of ether oxygens (including phenoxy) is 1. The fraction of sp³-hybridized carbons (Fsp3) is 0.333. The molecule has 0 aliphatic carbocycles. The van der Waals surface area contributed by atoms with E-state index in [4.69, 9.17) is 16.3 Å². The van der Waals surface area contributed by atoms with Crippen LogP contribution in [0.2, 0.25) is 5.02 Å². The summed E-state index contributed by atoms with van der Waals surface area (Å²) < 4.78 is 6.94. The van der Waals surface area contributed by atoms with Crippen LogP contribution >= 0.6 is 11.6 Å². The SMILES string of the molecule is CCOC(=O)c1cc2c(Cl)ccc3c2n1CCCC3=O. The number of ketones is 1. The van der Waals surface area contributed by atoms with Gasteiger partial charge in [0, 0.05) is 23.9 Å². The van der Waals surface area contributed by atoms with Crippen LogP contribution < -0.4 is 0 Å². The Hall–Kier alpha value is -1.81. The fourth-order valence-corrected chi connectivity index (χ4v) is 2.92. The number of halogens is 1. The quantitative estimate of drug-likeness (QED) is 0.796. The highest BCUT2D eigenvalue weighted by atomic mass is 35.5. The maximum atomic E-state index is 12.1. The van der Waals surface area contributed by atoms with Crippen LogP contribution in [0.5, 0.6) is 0 Å². The average Bonchev–Trinajstić information content (AvgIpc) is 2.72. The Morgan fingerprint density at radius 1 is 1.45 bits per heavy atom. The smallest absolute Gasteiger partial charge is 0.354 e. The molecule has 1 aliphatic rings. The van der Waals surface area contributed by atoms with Crippen LogP contribution in [-0.4, -0.2) is 22.9 Å². The fourth-order valence-electron chi connectivity index (χ4n) is 2.71. The van der Waals surface area contributed by atoms with Crippen molar-refractivity contribution in [2.24, 2.45) is 0 Å². The molecule has 0 N–H and O–H groups in total. The largest absolute Gasteiger partial charge is 0.461 e. The molecular weight excluding hydrogens is 278 g/mol. The molecular formula is C15H14ClNO3. The summed E-state index contributed by atoms with van der Waals surface area (Å²) >= 11 is 6.20. The van der Waals surface area contributed by atoms with Gasteiger partial charge in [-0.25, -0.2) is 4.79 Å². The number of nitrogens with zero attached hydrogens (tertiary/aromatic N) is 1. The third kappa shape index (κ3) is 1.91. The van der Waals surface area contributed by atoms with E-state index in [0.29, 0.717) is 42.3 Å². The summed E-state index contributed by atoms with van der Waals surface area (Å²) in [6.45, 7) is 2.71. The topological polar surface area (TPSA) is 48.3 Å². The molecule has 0 amide bonds. The summed E-state index contributed by atoms with van der Waals surface area (Å²) in [6.07, 6.45) is 1.20. The molecule has 5 heteroatoms. The molecule has 1 aromatic carbocycles. The highest BCUT2D eigenvalue weighted by Gasteiger charge is 2.24. The molecule has 0 spiro atoms. The number of hydrogen-bond acceptors (Lipinski definition) is 3. The number of esters is 1. The molecule has 0 unspecified atom stereocenters. The molecule has 0 saturated carbocycles. The second-order valence-electron chi connectivity index (χ2n) is 4.79. The van der Waals surface area contributed by atoms with Crippen molar-refractivity contribution < 1.29 is 14.3 Å². The zero-order valence-corrected chi connectivity index (χ0v) is 11.9. The number of carbonyl (C=O) groups excluding carboxylic acids is 2. The summed E-state index contributed by atoms with van der Waals surface area (Å²) in [6, 6.07) is 5.17. The van der Waals surface area contributed by atoms with Gasteiger partial charge in [0.15, 0.2) is 5.78 Å². The van der Waals surface area contributed by atoms with Gasteiger partial charge in [0.2, 0.25) is 0 Å². The van der Waals surface area contributed by atoms with Crippen LogP contribution in [0.15, 0.2) is 18.2 Å². The van der Waals surface area contributed by atoms with E-state index in [1.165, 1.54) is 0 Å². The second-order valence-corrected chi connectivity index (χ2v) is 5.19. The van der Waals surface area contributed by atoms with Gasteiger partial charge in [0.1, 0.15) is 5.69 Å². The number of benzene rings is 1. The average molecular weight is 292 g/mol. The Balaban J connectivity index is 2.31. The summed E-state index contributed by atoms with van der Waals surface area (Å²) in [7, 11) is 0. The van der Waals surface area contributed by atoms with Crippen molar-refractivity contribution in [3.05, 3.63) is 34.5 Å². The van der Waals surface area contributed by atoms with Crippen molar-refractivity contribution >= 4 is 34.3 Å². The van der Waals surface area contributed by atoms with Gasteiger partial charge in [-0.05, 0) is 31.5 Å². The zero-order valence-electron chi connectivity index (χ0n) is 11.1. The van der Waals surface area contributed by atoms with Gasteiger partial charge >= 0.3 is 5.97 Å². The monoisotopic (exact) mass is 291 g/mol. The minimum absolute atomic E-state index is 0.0962. The van der Waals surface area contributed by atoms with E-state index >= 15 is 0 Å². The summed E-state index contributed by atoms with van der Waals surface area (Å²) in [5, 5.41) is 1.28. The Morgan fingerprint density at radius 2 is 2.25 bits per heavy atom. The molecule has 20 heavy (non-hydrogen) atoms. The molecule has 1 aromatic heterocycles. The first-order valence-corrected chi connectivity index (χ1v) is 7.03. The molecule has 0 bridgehead atoms. The molecule has 2 heterocycles. The van der Waals surface area contributed by atoms with Crippen molar-refractivity contribution in [3.63, 3.8) is 0 Å². The lowest BCUT2D eigenvalue weighted by Crippen LogP contribution is -2.12. The highest BCUT2D eigenvalue weighted by Crippen LogP contribution is 2.33. The molecule has 0 atom stereocenters. The minimum Gasteiger partial charge on any atom is -0.461 e. The lowest BCUT2D eigenvalue weighted by Gasteiger charge is -2.08. The molecule has 0 saturated heterocycles. The Bertz CT molecular complexity index is 717. The van der Waals surface area contributed by atoms with Crippen molar-refractivity contribution in [1.29, 1.82) is 0 Å². The molecule has 0 radical (unpaired) electrons. The molecule has 0 fully saturated rings. The predicted molar refractivity (Wildman–Crippen MR) is 76.5 cm³/mol. The lowest BCUT2D eigenvalue weighted by atomic mass is 10.1. The van der Waals surface area contributed by atoms with Gasteiger partial charge in [-0.15, -0.1) is 0 Å². The number of aromatic nitrogens is 1. The third-order valence-corrected chi connectivity index (χ3v) is 3.91. The number of rotatable bonds is 2. The van der Waals surface area contributed by atoms with Gasteiger partial charge in [-0.1, -0.05) is 11.6 Å². The van der Waals surface area contributed by atoms with Crippen LogP contribution in [0.25, 0.3) is 10.9 Å². The zero-order chi connectivity index (χ0) is 14.3. The van der Waals surface area contributed by atoms with Crippen LogP contribution in [-0.2, 0) is 11.3 Å². The van der Waals surface area contributed by atoms with E-state index in [0.717, 1.165) is 10.9 Å². The normalized spacial score (nSPS) is 14.4. The summed E-state index contributed by atoms with van der Waals surface area (Å²) in [5.41, 5.74) is 1.85. The van der Waals surface area contributed by atoms with Crippen LogP contribution in [0.4, 0.5) is 0 Å². The van der Waals surface area contributed by atoms with Crippen molar-refractivity contribution in [1.82, 2.24) is 4.57 Å². The van der Waals surface area contributed by atoms with E-state index in [1.54, 1.807) is 25.1 Å². The maximum Gasteiger partial charge on any atom is 0.354 e. The Morgan fingerprint density at radius 3 is 3.00 bits per heavy atom. The molecule has 4 nitrogen and oxygen atoms in total. The van der Waals surface area contributed by atoms with E-state index in [2.05, 4.69) is 0 Å². The van der Waals surface area contributed by atoms with Gasteiger partial charge < -0.3 is 9.30 Å². The molecule has 3 rings (SSSR count). The number of Topliss-reactive ketones (excluding diaryl/α,β-unsaturated/α-hetero) is 1. The first-order valence-electron chi connectivity index (χ1n) is 6.65. The first-order chi connectivity index (χ1) is 9.63. The van der Waals surface area contributed by atoms with Gasteiger partial charge in [-0.2, -0.15) is 0 Å². The van der Waals surface area contributed by atoms with Gasteiger partial charge in [0.05, 0.1) is 17.1 Å². The van der Waals surface area contributed by atoms with Crippen molar-refractivity contribution in [2.45, 2.75) is 26.3 Å². The highest BCUT2D eigenvalue weighted by molar-refractivity contribution is 6.36. The summed E-state index contributed by atoms with van der Waals surface area (Å²) in [4.78, 5) is 24.2. The minimum atomic E-state index is -0.375. The van der Waals surface area contributed by atoms with E-state index in [1.807, 2.05) is 4.57 Å². The Labute approximate surface area is 121 Å². The third-order valence-electron chi connectivity index (χ3n) is 3.58. The number of carbonyl (C=O) groups is 2. The second kappa shape index (κ2) is 4.94. The van der Waals surface area contributed by atoms with Gasteiger partial charge in [-0.3, -0.25) is 4.79 Å². The maximum absolute atomic E-state index is 12.1. The van der Waals surface area contributed by atoms with Crippen LogP contribution in [0, 0.1) is 0 Å². The Kier molecular flexibility index (Phi) is 3.26. The molecule has 104 valence electrons. The first kappa shape index (κ1) is 13.2. The molecule has 1 aliphatic heterocycles.